The molecule has 0 aromatic heterocycles. The first-order chi connectivity index (χ1) is 20.8. The van der Waals surface area contributed by atoms with Crippen molar-refractivity contribution in [3.05, 3.63) is 0 Å². The minimum absolute atomic E-state index is 0. The molecule has 7 aliphatic rings. The van der Waals surface area contributed by atoms with E-state index in [0.717, 1.165) is 44.4 Å². The Bertz CT molecular complexity index is 1110. The highest BCUT2D eigenvalue weighted by molar-refractivity contribution is 5.76. The zero-order valence-electron chi connectivity index (χ0n) is 28.5. The van der Waals surface area contributed by atoms with E-state index in [1.54, 1.807) is 13.8 Å². The fraction of sp³-hybridized carbons (Fsp3) is 0.973. The summed E-state index contributed by atoms with van der Waals surface area (Å²) in [7, 11) is 0. The van der Waals surface area contributed by atoms with Crippen molar-refractivity contribution < 1.29 is 30.6 Å². The Balaban J connectivity index is 0.00000357. The van der Waals surface area contributed by atoms with Crippen LogP contribution >= 0.6 is 0 Å². The zero-order valence-corrected chi connectivity index (χ0v) is 28.5. The number of aliphatic hydroxyl groups excluding tert-OH is 1. The molecular formula is C37H63NO6. The lowest BCUT2D eigenvalue weighted by Crippen LogP contribution is -2.56. The SMILES string of the molecule is CCCCC(=O)N1CCOC(O[C@H]2CC[C@]34C[C@]35CCC3(C)C6CCC([C@H](O)C(C)(C)O)OC6CC3C5CCC4C2(C)C)C1.[HH]. The fourth-order valence-electron chi connectivity index (χ4n) is 12.8. The molecule has 252 valence electrons. The number of rotatable bonds is 7. The molecule has 2 heterocycles. The van der Waals surface area contributed by atoms with Gasteiger partial charge in [0.2, 0.25) is 5.91 Å². The number of unbranched alkanes of at least 4 members (excludes halogenated alkanes) is 1. The summed E-state index contributed by atoms with van der Waals surface area (Å²) in [6.45, 7) is 14.9. The van der Waals surface area contributed by atoms with E-state index in [4.69, 9.17) is 14.2 Å². The third-order valence-electron chi connectivity index (χ3n) is 15.1. The third-order valence-corrected chi connectivity index (χ3v) is 15.1. The monoisotopic (exact) mass is 617 g/mol. The first-order valence-corrected chi connectivity index (χ1v) is 18.4. The quantitative estimate of drug-likeness (QED) is 0.347. The third kappa shape index (κ3) is 4.70. The molecule has 7 rings (SSSR count). The highest BCUT2D eigenvalue weighted by Gasteiger charge is 2.80. The molecule has 0 radical (unpaired) electrons. The van der Waals surface area contributed by atoms with Gasteiger partial charge in [0, 0.05) is 14.4 Å². The molecule has 2 saturated heterocycles. The second-order valence-electron chi connectivity index (χ2n) is 17.8. The average Bonchev–Trinajstić information content (AvgIpc) is 3.56. The number of hydrogen-bond acceptors (Lipinski definition) is 6. The van der Waals surface area contributed by atoms with Crippen molar-refractivity contribution in [2.75, 3.05) is 19.7 Å². The molecule has 2 aliphatic heterocycles. The summed E-state index contributed by atoms with van der Waals surface area (Å²) in [6, 6.07) is 0. The Kier molecular flexibility index (Phi) is 7.89. The van der Waals surface area contributed by atoms with Crippen LogP contribution in [0.2, 0.25) is 0 Å². The maximum absolute atomic E-state index is 12.7. The van der Waals surface area contributed by atoms with Gasteiger partial charge in [-0.1, -0.05) is 34.1 Å². The highest BCUT2D eigenvalue weighted by Crippen LogP contribution is 2.87. The van der Waals surface area contributed by atoms with Crippen LogP contribution in [0.4, 0.5) is 0 Å². The van der Waals surface area contributed by atoms with Gasteiger partial charge in [0.25, 0.3) is 0 Å². The smallest absolute Gasteiger partial charge is 0.222 e. The number of morpholine rings is 1. The van der Waals surface area contributed by atoms with E-state index in [9.17, 15) is 15.0 Å². The summed E-state index contributed by atoms with van der Waals surface area (Å²) in [4.78, 5) is 14.7. The Morgan fingerprint density at radius 2 is 1.82 bits per heavy atom. The predicted molar refractivity (Wildman–Crippen MR) is 171 cm³/mol. The molecule has 44 heavy (non-hydrogen) atoms. The van der Waals surface area contributed by atoms with Crippen molar-refractivity contribution in [1.82, 2.24) is 4.90 Å². The van der Waals surface area contributed by atoms with Crippen LogP contribution in [0.3, 0.4) is 0 Å². The minimum Gasteiger partial charge on any atom is -0.388 e. The molecule has 2 spiro atoms. The number of carbonyl (C=O) groups is 1. The number of carbonyl (C=O) groups excluding carboxylic acids is 1. The van der Waals surface area contributed by atoms with Crippen LogP contribution in [0, 0.1) is 45.3 Å². The summed E-state index contributed by atoms with van der Waals surface area (Å²) >= 11 is 0. The minimum atomic E-state index is -1.14. The van der Waals surface area contributed by atoms with Crippen molar-refractivity contribution in [2.24, 2.45) is 45.3 Å². The fourth-order valence-corrected chi connectivity index (χ4v) is 12.8. The van der Waals surface area contributed by atoms with Crippen molar-refractivity contribution in [3.8, 4) is 0 Å². The second-order valence-corrected chi connectivity index (χ2v) is 17.8. The largest absolute Gasteiger partial charge is 0.388 e. The van der Waals surface area contributed by atoms with E-state index in [0.29, 0.717) is 60.1 Å². The molecule has 5 aliphatic carbocycles. The van der Waals surface area contributed by atoms with E-state index >= 15 is 0 Å². The molecule has 5 saturated carbocycles. The van der Waals surface area contributed by atoms with Gasteiger partial charge in [0.15, 0.2) is 6.29 Å². The number of hydrogen-bond donors (Lipinski definition) is 2. The second kappa shape index (κ2) is 10.9. The number of ether oxygens (including phenoxy) is 3. The van der Waals surface area contributed by atoms with Gasteiger partial charge in [-0.25, -0.2) is 0 Å². The summed E-state index contributed by atoms with van der Waals surface area (Å²) in [6.07, 6.45) is 13.7. The van der Waals surface area contributed by atoms with Gasteiger partial charge >= 0.3 is 0 Å². The molecule has 7 heteroatoms. The maximum atomic E-state index is 12.7. The van der Waals surface area contributed by atoms with Crippen LogP contribution in [-0.2, 0) is 19.0 Å². The van der Waals surface area contributed by atoms with Crippen LogP contribution < -0.4 is 0 Å². The van der Waals surface area contributed by atoms with Crippen LogP contribution in [0.15, 0.2) is 0 Å². The standard InChI is InChI=1S/C37H61NO6.H2/c1-7-8-9-30(39)38-18-19-42-31(21-38)44-29-14-15-37-22-36(37)17-16-35(6)24-10-12-26(32(40)34(4,5)41)43-27(24)20-25(35)23(36)11-13-28(37)33(29,2)3;/h23-29,31-32,40-41H,7-22H2,1-6H3;1H/t23?,24?,25?,26?,27?,28?,29-,31?,32-,35?,36-,37+;/m0./s1. The lowest BCUT2D eigenvalue weighted by molar-refractivity contribution is -0.244. The summed E-state index contributed by atoms with van der Waals surface area (Å²) in [5.41, 5.74) is 0.199. The summed E-state index contributed by atoms with van der Waals surface area (Å²) in [5.74, 6) is 2.98. The topological polar surface area (TPSA) is 88.5 Å². The molecule has 2 N–H and O–H groups in total. The highest BCUT2D eigenvalue weighted by atomic mass is 16.7. The number of amides is 1. The zero-order chi connectivity index (χ0) is 31.3. The van der Waals surface area contributed by atoms with E-state index in [1.807, 2.05) is 4.90 Å². The van der Waals surface area contributed by atoms with E-state index < -0.39 is 11.7 Å². The predicted octanol–water partition coefficient (Wildman–Crippen LogP) is 6.33. The van der Waals surface area contributed by atoms with E-state index in [1.165, 1.54) is 38.5 Å². The molecule has 7 fully saturated rings. The van der Waals surface area contributed by atoms with Crippen LogP contribution in [0.5, 0.6) is 0 Å². The summed E-state index contributed by atoms with van der Waals surface area (Å²) in [5, 5.41) is 21.3. The molecular weight excluding hydrogens is 554 g/mol. The molecule has 0 aromatic rings. The van der Waals surface area contributed by atoms with Crippen LogP contribution in [0.25, 0.3) is 0 Å². The summed E-state index contributed by atoms with van der Waals surface area (Å²) < 4.78 is 19.6. The first kappa shape index (κ1) is 31.8. The van der Waals surface area contributed by atoms with Gasteiger partial charge in [-0.15, -0.1) is 0 Å². The maximum Gasteiger partial charge on any atom is 0.222 e. The van der Waals surface area contributed by atoms with Crippen molar-refractivity contribution in [2.45, 2.75) is 161 Å². The average molecular weight is 618 g/mol. The number of aliphatic hydroxyl groups is 2. The molecule has 7 nitrogen and oxygen atoms in total. The molecule has 8 unspecified atom stereocenters. The number of fused-ring (bicyclic) bond motifs is 4. The lowest BCUT2D eigenvalue weighted by Gasteiger charge is -2.60. The Morgan fingerprint density at radius 3 is 2.57 bits per heavy atom. The molecule has 1 amide bonds. The Labute approximate surface area is 267 Å². The van der Waals surface area contributed by atoms with Gasteiger partial charge in [-0.05, 0) is 130 Å². The lowest BCUT2D eigenvalue weighted by atomic mass is 9.46. The molecule has 12 atom stereocenters. The van der Waals surface area contributed by atoms with Crippen LogP contribution in [0.1, 0.15) is 126 Å². The van der Waals surface area contributed by atoms with Crippen molar-refractivity contribution in [1.29, 1.82) is 0 Å². The first-order valence-electron chi connectivity index (χ1n) is 18.4. The van der Waals surface area contributed by atoms with Crippen LogP contribution in [-0.4, -0.2) is 77.0 Å². The van der Waals surface area contributed by atoms with E-state index in [-0.39, 0.29) is 37.4 Å². The number of nitrogens with zero attached hydrogens (tertiary/aromatic N) is 1. The van der Waals surface area contributed by atoms with Gasteiger partial charge in [0.05, 0.1) is 37.1 Å². The van der Waals surface area contributed by atoms with Gasteiger partial charge in [0.1, 0.15) is 6.10 Å². The van der Waals surface area contributed by atoms with Crippen molar-refractivity contribution >= 4 is 5.91 Å². The van der Waals surface area contributed by atoms with Crippen molar-refractivity contribution in [3.63, 3.8) is 0 Å². The van der Waals surface area contributed by atoms with E-state index in [2.05, 4.69) is 27.7 Å². The normalized spacial score (nSPS) is 48.3. The Hall–Kier alpha value is -0.730. The Morgan fingerprint density at radius 1 is 1.05 bits per heavy atom. The van der Waals surface area contributed by atoms with Gasteiger partial charge < -0.3 is 29.3 Å². The van der Waals surface area contributed by atoms with Gasteiger partial charge in [-0.3, -0.25) is 4.79 Å². The van der Waals surface area contributed by atoms with Gasteiger partial charge in [-0.2, -0.15) is 0 Å². The molecule has 0 bridgehead atoms. The molecule has 0 aromatic carbocycles.